The lowest BCUT2D eigenvalue weighted by molar-refractivity contribution is -0.130. The van der Waals surface area contributed by atoms with Gasteiger partial charge in [0.2, 0.25) is 5.91 Å². The topological polar surface area (TPSA) is 37.4 Å². The van der Waals surface area contributed by atoms with E-state index in [0.29, 0.717) is 10.1 Å². The van der Waals surface area contributed by atoms with Gasteiger partial charge in [0.05, 0.1) is 12.3 Å². The van der Waals surface area contributed by atoms with Crippen LogP contribution in [0.4, 0.5) is 0 Å². The zero-order chi connectivity index (χ0) is 10.0. The second kappa shape index (κ2) is 4.19. The van der Waals surface area contributed by atoms with Crippen LogP contribution in [0.5, 0.6) is 0 Å². The fourth-order valence-corrected chi connectivity index (χ4v) is 1.94. The number of carbonyl (C=O) groups is 2. The van der Waals surface area contributed by atoms with E-state index in [1.807, 2.05) is 13.8 Å². The lowest BCUT2D eigenvalue weighted by Crippen LogP contribution is -2.35. The van der Waals surface area contributed by atoms with Crippen LogP contribution in [0.1, 0.15) is 13.8 Å². The van der Waals surface area contributed by atoms with Gasteiger partial charge in [-0.05, 0) is 0 Å². The van der Waals surface area contributed by atoms with Crippen molar-refractivity contribution < 1.29 is 9.59 Å². The molecule has 0 bridgehead atoms. The van der Waals surface area contributed by atoms with Crippen molar-refractivity contribution in [1.29, 1.82) is 0 Å². The molecule has 0 radical (unpaired) electrons. The van der Waals surface area contributed by atoms with Gasteiger partial charge in [0.25, 0.3) is 0 Å². The number of Topliss-reactive ketones (excluding diaryl/α,β-unsaturated/α-hetero) is 1. The van der Waals surface area contributed by atoms with E-state index in [2.05, 4.69) is 0 Å². The van der Waals surface area contributed by atoms with Crippen LogP contribution in [-0.2, 0) is 9.59 Å². The maximum Gasteiger partial charge on any atom is 0.238 e. The predicted molar refractivity (Wildman–Crippen MR) is 56.6 cm³/mol. The maximum absolute atomic E-state index is 11.3. The minimum atomic E-state index is -0.0519. The number of nitrogens with zero attached hydrogens (tertiary/aromatic N) is 1. The molecule has 1 aliphatic heterocycles. The first kappa shape index (κ1) is 10.7. The summed E-state index contributed by atoms with van der Waals surface area (Å²) in [6.45, 7) is 3.78. The number of amides is 1. The van der Waals surface area contributed by atoms with E-state index in [1.54, 1.807) is 0 Å². The third-order valence-corrected chi connectivity index (χ3v) is 3.23. The normalized spacial score (nSPS) is 17.3. The van der Waals surface area contributed by atoms with E-state index in [9.17, 15) is 9.59 Å². The highest BCUT2D eigenvalue weighted by Crippen LogP contribution is 2.19. The summed E-state index contributed by atoms with van der Waals surface area (Å²) < 4.78 is 0.527. The highest BCUT2D eigenvalue weighted by atomic mass is 32.2. The van der Waals surface area contributed by atoms with Gasteiger partial charge < -0.3 is 0 Å². The van der Waals surface area contributed by atoms with Gasteiger partial charge in [-0.1, -0.05) is 37.8 Å². The number of rotatable bonds is 3. The Balaban J connectivity index is 2.58. The highest BCUT2D eigenvalue weighted by Gasteiger charge is 2.28. The molecule has 5 heteroatoms. The lowest BCUT2D eigenvalue weighted by Gasteiger charge is -2.14. The Morgan fingerprint density at radius 2 is 2.31 bits per heavy atom. The van der Waals surface area contributed by atoms with Crippen LogP contribution in [0, 0.1) is 5.92 Å². The molecule has 13 heavy (non-hydrogen) atoms. The Bertz CT molecular complexity index is 247. The molecule has 0 aromatic carbocycles. The molecular weight excluding hydrogens is 206 g/mol. The summed E-state index contributed by atoms with van der Waals surface area (Å²) in [5, 5.41) is 0. The van der Waals surface area contributed by atoms with Crippen molar-refractivity contribution in [3.63, 3.8) is 0 Å². The van der Waals surface area contributed by atoms with Gasteiger partial charge in [0.1, 0.15) is 4.32 Å². The van der Waals surface area contributed by atoms with Gasteiger partial charge in [0.15, 0.2) is 5.78 Å². The Hall–Kier alpha value is -0.420. The van der Waals surface area contributed by atoms with E-state index in [0.717, 1.165) is 0 Å². The smallest absolute Gasteiger partial charge is 0.238 e. The van der Waals surface area contributed by atoms with Crippen LogP contribution >= 0.6 is 24.0 Å². The van der Waals surface area contributed by atoms with Gasteiger partial charge in [-0.15, -0.1) is 0 Å². The van der Waals surface area contributed by atoms with Crippen LogP contribution in [-0.4, -0.2) is 33.2 Å². The fraction of sp³-hybridized carbons (Fsp3) is 0.625. The molecule has 0 aliphatic carbocycles. The summed E-state index contributed by atoms with van der Waals surface area (Å²) in [5.41, 5.74) is 0. The van der Waals surface area contributed by atoms with Gasteiger partial charge in [-0.2, -0.15) is 0 Å². The molecule has 1 amide bonds. The van der Waals surface area contributed by atoms with Crippen molar-refractivity contribution in [2.24, 2.45) is 5.92 Å². The summed E-state index contributed by atoms with van der Waals surface area (Å²) >= 11 is 6.26. The van der Waals surface area contributed by atoms with Crippen molar-refractivity contribution >= 4 is 40.0 Å². The summed E-state index contributed by atoms with van der Waals surface area (Å²) in [7, 11) is 0. The Morgan fingerprint density at radius 1 is 1.69 bits per heavy atom. The van der Waals surface area contributed by atoms with Gasteiger partial charge >= 0.3 is 0 Å². The summed E-state index contributed by atoms with van der Waals surface area (Å²) in [5.74, 6) is 0.341. The zero-order valence-electron chi connectivity index (χ0n) is 7.57. The maximum atomic E-state index is 11.3. The molecule has 1 heterocycles. The molecule has 3 nitrogen and oxygen atoms in total. The Morgan fingerprint density at radius 3 is 2.69 bits per heavy atom. The van der Waals surface area contributed by atoms with Crippen molar-refractivity contribution in [3.05, 3.63) is 0 Å². The van der Waals surface area contributed by atoms with E-state index in [-0.39, 0.29) is 24.2 Å². The van der Waals surface area contributed by atoms with E-state index in [4.69, 9.17) is 12.2 Å². The van der Waals surface area contributed by atoms with E-state index < -0.39 is 0 Å². The molecule has 0 N–H and O–H groups in total. The summed E-state index contributed by atoms with van der Waals surface area (Å²) in [6, 6.07) is 0. The molecule has 0 atom stereocenters. The lowest BCUT2D eigenvalue weighted by atomic mass is 10.1. The van der Waals surface area contributed by atoms with Gasteiger partial charge in [-0.3, -0.25) is 14.5 Å². The average molecular weight is 217 g/mol. The molecule has 0 spiro atoms. The van der Waals surface area contributed by atoms with Gasteiger partial charge in [-0.25, -0.2) is 0 Å². The van der Waals surface area contributed by atoms with Crippen molar-refractivity contribution in [3.8, 4) is 0 Å². The first-order valence-corrected chi connectivity index (χ1v) is 5.41. The zero-order valence-corrected chi connectivity index (χ0v) is 9.20. The second-order valence-electron chi connectivity index (χ2n) is 3.16. The van der Waals surface area contributed by atoms with Crippen LogP contribution in [0.25, 0.3) is 0 Å². The van der Waals surface area contributed by atoms with Crippen LogP contribution < -0.4 is 0 Å². The molecule has 72 valence electrons. The largest absolute Gasteiger partial charge is 0.297 e. The number of thiocarbonyl (C=S) groups is 1. The van der Waals surface area contributed by atoms with E-state index >= 15 is 0 Å². The first-order valence-electron chi connectivity index (χ1n) is 4.02. The molecule has 1 saturated heterocycles. The molecule has 1 fully saturated rings. The molecule has 0 saturated carbocycles. The van der Waals surface area contributed by atoms with Crippen LogP contribution in [0.15, 0.2) is 0 Å². The van der Waals surface area contributed by atoms with Gasteiger partial charge in [0, 0.05) is 5.92 Å². The number of thioether (sulfide) groups is 1. The summed E-state index contributed by atoms with van der Waals surface area (Å²) in [4.78, 5) is 23.9. The predicted octanol–water partition coefficient (Wildman–Crippen LogP) is 1.07. The third-order valence-electron chi connectivity index (χ3n) is 1.80. The SMILES string of the molecule is CC(C)C(=O)CN1C(=O)CSC1=S. The van der Waals surface area contributed by atoms with E-state index in [1.165, 1.54) is 16.7 Å². The molecule has 1 rings (SSSR count). The molecular formula is C8H11NO2S2. The van der Waals surface area contributed by atoms with Crippen molar-refractivity contribution in [2.75, 3.05) is 12.3 Å². The molecule has 1 aliphatic rings. The quantitative estimate of drug-likeness (QED) is 0.663. The van der Waals surface area contributed by atoms with Crippen molar-refractivity contribution in [2.45, 2.75) is 13.8 Å². The first-order chi connectivity index (χ1) is 6.02. The monoisotopic (exact) mass is 217 g/mol. The Labute approximate surface area is 86.9 Å². The van der Waals surface area contributed by atoms with Crippen LogP contribution in [0.3, 0.4) is 0 Å². The standard InChI is InChI=1S/C8H11NO2S2/c1-5(2)6(10)3-9-7(11)4-13-8(9)12/h5H,3-4H2,1-2H3. The molecule has 0 aromatic heterocycles. The minimum Gasteiger partial charge on any atom is -0.297 e. The third kappa shape index (κ3) is 2.51. The average Bonchev–Trinajstić information content (AvgIpc) is 2.35. The van der Waals surface area contributed by atoms with Crippen molar-refractivity contribution in [1.82, 2.24) is 4.90 Å². The minimum absolute atomic E-state index is 0.0406. The number of carbonyl (C=O) groups excluding carboxylic acids is 2. The number of hydrogen-bond donors (Lipinski definition) is 0. The fourth-order valence-electron chi connectivity index (χ4n) is 0.872. The Kier molecular flexibility index (Phi) is 3.44. The summed E-state index contributed by atoms with van der Waals surface area (Å²) in [6.07, 6.45) is 0. The van der Waals surface area contributed by atoms with Crippen LogP contribution in [0.2, 0.25) is 0 Å². The highest BCUT2D eigenvalue weighted by molar-refractivity contribution is 8.23. The molecule has 0 aromatic rings. The number of ketones is 1. The molecule has 0 unspecified atom stereocenters. The second-order valence-corrected chi connectivity index (χ2v) is 4.76. The number of hydrogen-bond acceptors (Lipinski definition) is 4.